The van der Waals surface area contributed by atoms with Gasteiger partial charge in [0.15, 0.2) is 0 Å². The zero-order valence-corrected chi connectivity index (χ0v) is 7.40. The molecule has 0 radical (unpaired) electrons. The molecule has 1 saturated carbocycles. The molecule has 0 aromatic heterocycles. The van der Waals surface area contributed by atoms with Gasteiger partial charge in [0, 0.05) is 17.5 Å². The first-order valence-electron chi connectivity index (χ1n) is 4.84. The summed E-state index contributed by atoms with van der Waals surface area (Å²) < 4.78 is 0. The summed E-state index contributed by atoms with van der Waals surface area (Å²) in [6.45, 7) is 0. The molecule has 2 heteroatoms. The molecule has 2 unspecified atom stereocenters. The predicted octanol–water partition coefficient (Wildman–Crippen LogP) is 1.69. The number of phenols is 1. The van der Waals surface area contributed by atoms with Gasteiger partial charge in [-0.1, -0.05) is 12.1 Å². The highest BCUT2D eigenvalue weighted by Gasteiger charge is 2.43. The molecular formula is C11H13NO. The monoisotopic (exact) mass is 175 g/mol. The molecule has 0 saturated heterocycles. The summed E-state index contributed by atoms with van der Waals surface area (Å²) in [5.41, 5.74) is 8.47. The summed E-state index contributed by atoms with van der Waals surface area (Å²) in [6.07, 6.45) is 2.20. The first-order valence-corrected chi connectivity index (χ1v) is 4.84. The highest BCUT2D eigenvalue weighted by atomic mass is 16.3. The Labute approximate surface area is 77.4 Å². The van der Waals surface area contributed by atoms with Crippen LogP contribution in [0.4, 0.5) is 0 Å². The fourth-order valence-electron chi connectivity index (χ4n) is 3.00. The smallest absolute Gasteiger partial charge is 0.119 e. The van der Waals surface area contributed by atoms with Crippen LogP contribution in [0.5, 0.6) is 5.75 Å². The van der Waals surface area contributed by atoms with Crippen LogP contribution < -0.4 is 5.73 Å². The highest BCUT2D eigenvalue weighted by molar-refractivity contribution is 5.50. The molecule has 2 aliphatic carbocycles. The third-order valence-electron chi connectivity index (χ3n) is 3.54. The fraction of sp³-hybridized carbons (Fsp3) is 0.455. The molecule has 13 heavy (non-hydrogen) atoms. The molecule has 2 aliphatic rings. The van der Waals surface area contributed by atoms with E-state index in [9.17, 15) is 5.11 Å². The van der Waals surface area contributed by atoms with Crippen molar-refractivity contribution in [3.8, 4) is 5.75 Å². The Morgan fingerprint density at radius 3 is 3.00 bits per heavy atom. The van der Waals surface area contributed by atoms with Crippen LogP contribution in [0, 0.1) is 0 Å². The molecule has 3 rings (SSSR count). The SMILES string of the molecule is N[C@@H]1CC2CC1c1cccc(O)c12. The standard InChI is InChI=1S/C11H13NO/c12-9-5-6-4-8(9)7-2-1-3-10(13)11(6)7/h1-3,6,8-9,13H,4-5,12H2/t6?,8?,9-/m1/s1. The predicted molar refractivity (Wildman–Crippen MR) is 50.8 cm³/mol. The molecule has 1 aromatic rings. The molecule has 68 valence electrons. The number of rotatable bonds is 0. The van der Waals surface area contributed by atoms with Gasteiger partial charge in [-0.25, -0.2) is 0 Å². The Kier molecular flexibility index (Phi) is 1.29. The van der Waals surface area contributed by atoms with Crippen molar-refractivity contribution in [3.63, 3.8) is 0 Å². The van der Waals surface area contributed by atoms with Crippen molar-refractivity contribution in [1.29, 1.82) is 0 Å². The van der Waals surface area contributed by atoms with Gasteiger partial charge >= 0.3 is 0 Å². The van der Waals surface area contributed by atoms with Crippen molar-refractivity contribution < 1.29 is 5.11 Å². The number of hydrogen-bond donors (Lipinski definition) is 2. The number of phenolic OH excluding ortho intramolecular Hbond substituents is 1. The minimum absolute atomic E-state index is 0.319. The highest BCUT2D eigenvalue weighted by Crippen LogP contribution is 2.54. The topological polar surface area (TPSA) is 46.2 Å². The van der Waals surface area contributed by atoms with Gasteiger partial charge in [0.25, 0.3) is 0 Å². The van der Waals surface area contributed by atoms with Gasteiger partial charge in [0.2, 0.25) is 0 Å². The third kappa shape index (κ3) is 0.814. The van der Waals surface area contributed by atoms with Crippen LogP contribution in [-0.4, -0.2) is 11.1 Å². The Balaban J connectivity index is 2.21. The maximum atomic E-state index is 9.70. The zero-order chi connectivity index (χ0) is 9.00. The second-order valence-electron chi connectivity index (χ2n) is 4.22. The average molecular weight is 175 g/mol. The summed E-state index contributed by atoms with van der Waals surface area (Å²) in [6, 6.07) is 6.13. The molecule has 0 amide bonds. The van der Waals surface area contributed by atoms with Crippen molar-refractivity contribution in [2.24, 2.45) is 5.73 Å². The second-order valence-corrected chi connectivity index (χ2v) is 4.22. The fourth-order valence-corrected chi connectivity index (χ4v) is 3.00. The molecular weight excluding hydrogens is 162 g/mol. The summed E-state index contributed by atoms with van der Waals surface area (Å²) in [5, 5.41) is 9.70. The van der Waals surface area contributed by atoms with Crippen LogP contribution in [0.2, 0.25) is 0 Å². The first kappa shape index (κ1) is 7.39. The lowest BCUT2D eigenvalue weighted by molar-refractivity contribution is 0.459. The van der Waals surface area contributed by atoms with E-state index in [0.717, 1.165) is 12.8 Å². The van der Waals surface area contributed by atoms with E-state index in [-0.39, 0.29) is 0 Å². The number of fused-ring (bicyclic) bond motifs is 5. The van der Waals surface area contributed by atoms with Gasteiger partial charge in [-0.15, -0.1) is 0 Å². The van der Waals surface area contributed by atoms with Crippen LogP contribution in [0.1, 0.15) is 35.8 Å². The Hall–Kier alpha value is -1.02. The van der Waals surface area contributed by atoms with Crippen molar-refractivity contribution >= 4 is 0 Å². The van der Waals surface area contributed by atoms with Gasteiger partial charge in [0.1, 0.15) is 5.75 Å². The summed E-state index contributed by atoms with van der Waals surface area (Å²) in [5.74, 6) is 1.50. The van der Waals surface area contributed by atoms with E-state index in [1.807, 2.05) is 6.07 Å². The minimum atomic E-state index is 0.319. The normalized spacial score (nSPS) is 35.0. The zero-order valence-electron chi connectivity index (χ0n) is 7.40. The molecule has 1 aromatic carbocycles. The van der Waals surface area contributed by atoms with Crippen LogP contribution in [0.15, 0.2) is 18.2 Å². The van der Waals surface area contributed by atoms with Crippen molar-refractivity contribution in [1.82, 2.24) is 0 Å². The maximum absolute atomic E-state index is 9.70. The van der Waals surface area contributed by atoms with Crippen molar-refractivity contribution in [2.75, 3.05) is 0 Å². The average Bonchev–Trinajstić information content (AvgIpc) is 2.61. The summed E-state index contributed by atoms with van der Waals surface area (Å²) >= 11 is 0. The quantitative estimate of drug-likeness (QED) is 0.630. The minimum Gasteiger partial charge on any atom is -0.508 e. The van der Waals surface area contributed by atoms with E-state index in [1.165, 1.54) is 11.1 Å². The molecule has 1 fully saturated rings. The van der Waals surface area contributed by atoms with E-state index in [4.69, 9.17) is 5.73 Å². The Morgan fingerprint density at radius 1 is 1.31 bits per heavy atom. The van der Waals surface area contributed by atoms with Gasteiger partial charge in [-0.2, -0.15) is 0 Å². The van der Waals surface area contributed by atoms with E-state index < -0.39 is 0 Å². The van der Waals surface area contributed by atoms with Gasteiger partial charge in [0.05, 0.1) is 0 Å². The Bertz CT molecular complexity index is 361. The number of nitrogens with two attached hydrogens (primary N) is 1. The molecule has 2 bridgehead atoms. The van der Waals surface area contributed by atoms with Gasteiger partial charge in [-0.3, -0.25) is 0 Å². The lowest BCUT2D eigenvalue weighted by Crippen LogP contribution is -2.25. The number of benzene rings is 1. The van der Waals surface area contributed by atoms with Crippen LogP contribution in [0.25, 0.3) is 0 Å². The van der Waals surface area contributed by atoms with Crippen LogP contribution in [-0.2, 0) is 0 Å². The van der Waals surface area contributed by atoms with E-state index >= 15 is 0 Å². The first-order chi connectivity index (χ1) is 6.27. The van der Waals surface area contributed by atoms with Gasteiger partial charge in [-0.05, 0) is 30.4 Å². The van der Waals surface area contributed by atoms with E-state index in [1.54, 1.807) is 6.07 Å². The van der Waals surface area contributed by atoms with Crippen molar-refractivity contribution in [3.05, 3.63) is 29.3 Å². The van der Waals surface area contributed by atoms with Crippen molar-refractivity contribution in [2.45, 2.75) is 30.7 Å². The second kappa shape index (κ2) is 2.26. The maximum Gasteiger partial charge on any atom is 0.119 e. The third-order valence-corrected chi connectivity index (χ3v) is 3.54. The largest absolute Gasteiger partial charge is 0.508 e. The van der Waals surface area contributed by atoms with Crippen LogP contribution in [0.3, 0.4) is 0 Å². The summed E-state index contributed by atoms with van der Waals surface area (Å²) in [4.78, 5) is 0. The molecule has 3 N–H and O–H groups in total. The molecule has 2 nitrogen and oxygen atoms in total. The lowest BCUT2D eigenvalue weighted by Gasteiger charge is -2.21. The molecule has 0 spiro atoms. The molecule has 0 heterocycles. The van der Waals surface area contributed by atoms with E-state index in [0.29, 0.717) is 23.6 Å². The van der Waals surface area contributed by atoms with E-state index in [2.05, 4.69) is 6.07 Å². The number of aromatic hydroxyl groups is 1. The number of hydrogen-bond acceptors (Lipinski definition) is 2. The summed E-state index contributed by atoms with van der Waals surface area (Å²) in [7, 11) is 0. The molecule has 0 aliphatic heterocycles. The van der Waals surface area contributed by atoms with Crippen LogP contribution >= 0.6 is 0 Å². The van der Waals surface area contributed by atoms with Gasteiger partial charge < -0.3 is 10.8 Å². The molecule has 3 atom stereocenters. The Morgan fingerprint density at radius 2 is 2.15 bits per heavy atom. The lowest BCUT2D eigenvalue weighted by atomic mass is 9.88.